The van der Waals surface area contributed by atoms with Crippen LogP contribution in [0.15, 0.2) is 62.5 Å². The van der Waals surface area contributed by atoms with Gasteiger partial charge in [-0.05, 0) is 42.5 Å². The summed E-state index contributed by atoms with van der Waals surface area (Å²) in [6, 6.07) is 8.99. The monoisotopic (exact) mass is 462 g/mol. The third kappa shape index (κ3) is 4.73. The van der Waals surface area contributed by atoms with Crippen molar-refractivity contribution in [2.24, 2.45) is 10.2 Å². The van der Waals surface area contributed by atoms with Gasteiger partial charge in [0.15, 0.2) is 5.75 Å². The van der Waals surface area contributed by atoms with Gasteiger partial charge in [-0.2, -0.15) is 21.9 Å². The Kier molecular flexibility index (Phi) is 6.78. The average molecular weight is 462 g/mol. The summed E-state index contributed by atoms with van der Waals surface area (Å²) in [6.45, 7) is 0. The first-order valence-electron chi connectivity index (χ1n) is 7.70. The number of benzene rings is 3. The predicted molar refractivity (Wildman–Crippen MR) is 112 cm³/mol. The van der Waals surface area contributed by atoms with Crippen LogP contribution in [-0.4, -0.2) is 60.6 Å². The van der Waals surface area contributed by atoms with Crippen LogP contribution in [0.1, 0.15) is 0 Å². The molecule has 14 heteroatoms. The summed E-state index contributed by atoms with van der Waals surface area (Å²) in [4.78, 5) is -1.76. The molecular weight excluding hydrogens is 447 g/mol. The third-order valence-corrected chi connectivity index (χ3v) is 5.75. The van der Waals surface area contributed by atoms with Crippen LogP contribution in [0, 0.1) is 0 Å². The summed E-state index contributed by atoms with van der Waals surface area (Å²) in [7, 11) is -9.87. The van der Waals surface area contributed by atoms with Gasteiger partial charge in [-0.25, -0.2) is 0 Å². The number of hydrogen-bond acceptors (Lipinski definition) is 9. The van der Waals surface area contributed by atoms with Crippen molar-refractivity contribution in [1.29, 1.82) is 0 Å². The van der Waals surface area contributed by atoms with Crippen LogP contribution in [0.3, 0.4) is 0 Å². The van der Waals surface area contributed by atoms with Crippen molar-refractivity contribution in [3.8, 4) is 5.75 Å². The Labute approximate surface area is 193 Å². The Morgan fingerprint density at radius 1 is 0.800 bits per heavy atom. The molecule has 0 saturated heterocycles. The van der Waals surface area contributed by atoms with Crippen LogP contribution in [0.4, 0.5) is 22.7 Å². The number of nitrogens with zero attached hydrogens (tertiary/aromatic N) is 2. The predicted octanol–water partition coefficient (Wildman–Crippen LogP) is 1.97. The number of aromatic hydroxyl groups is 1. The number of hydrogen-bond donors (Lipinski definition) is 5. The molecule has 0 atom stereocenters. The van der Waals surface area contributed by atoms with Crippen molar-refractivity contribution >= 4 is 83.3 Å². The van der Waals surface area contributed by atoms with Crippen molar-refractivity contribution in [2.45, 2.75) is 9.79 Å². The van der Waals surface area contributed by atoms with E-state index in [0.717, 1.165) is 12.1 Å². The molecule has 0 bridgehead atoms. The number of nitrogens with two attached hydrogens (primary N) is 2. The molecule has 0 unspecified atom stereocenters. The number of phenols is 1. The number of rotatable bonds is 4. The summed E-state index contributed by atoms with van der Waals surface area (Å²) in [5.41, 5.74) is 10.8. The molecule has 3 aromatic carbocycles. The van der Waals surface area contributed by atoms with E-state index in [4.69, 9.17) is 11.5 Å². The fraction of sp³-hybridized carbons (Fsp3) is 0. The average Bonchev–Trinajstić information content (AvgIpc) is 2.60. The second-order valence-electron chi connectivity index (χ2n) is 5.89. The molecule has 7 N–H and O–H groups in total. The van der Waals surface area contributed by atoms with Gasteiger partial charge in [-0.1, -0.05) is 0 Å². The zero-order chi connectivity index (χ0) is 21.6. The minimum absolute atomic E-state index is 0. The molecule has 0 aliphatic rings. The summed E-state index contributed by atoms with van der Waals surface area (Å²) in [5, 5.41) is 17.4. The summed E-state index contributed by atoms with van der Waals surface area (Å²) >= 11 is 0. The van der Waals surface area contributed by atoms with Gasteiger partial charge >= 0.3 is 29.6 Å². The first kappa shape index (κ1) is 24.0. The van der Waals surface area contributed by atoms with E-state index in [2.05, 4.69) is 10.2 Å². The topological polar surface area (TPSA) is 206 Å². The molecule has 0 heterocycles. The van der Waals surface area contributed by atoms with Crippen molar-refractivity contribution in [3.05, 3.63) is 42.5 Å². The van der Waals surface area contributed by atoms with Gasteiger partial charge in [0, 0.05) is 16.5 Å². The van der Waals surface area contributed by atoms with Crippen molar-refractivity contribution in [1.82, 2.24) is 0 Å². The zero-order valence-corrected chi connectivity index (χ0v) is 16.0. The number of nitrogen functional groups attached to an aromatic ring is 2. The van der Waals surface area contributed by atoms with Gasteiger partial charge in [0.1, 0.15) is 15.5 Å². The summed E-state index contributed by atoms with van der Waals surface area (Å²) in [5.74, 6) is -0.792. The van der Waals surface area contributed by atoms with Crippen LogP contribution in [-0.2, 0) is 20.2 Å². The van der Waals surface area contributed by atoms with Crippen molar-refractivity contribution in [3.63, 3.8) is 0 Å². The molecule has 0 spiro atoms. The molecule has 11 nitrogen and oxygen atoms in total. The second kappa shape index (κ2) is 8.47. The quantitative estimate of drug-likeness (QED) is 0.166. The number of anilines is 2. The minimum atomic E-state index is -4.98. The molecule has 0 aliphatic carbocycles. The summed E-state index contributed by atoms with van der Waals surface area (Å²) in [6.07, 6.45) is 0. The van der Waals surface area contributed by atoms with E-state index < -0.39 is 52.5 Å². The van der Waals surface area contributed by atoms with E-state index in [1.165, 1.54) is 30.3 Å². The molecule has 0 fully saturated rings. The molecule has 0 aromatic heterocycles. The Balaban J connectivity index is 0.00000320. The van der Waals surface area contributed by atoms with Crippen molar-refractivity contribution in [2.75, 3.05) is 11.5 Å². The van der Waals surface area contributed by atoms with Gasteiger partial charge < -0.3 is 16.6 Å². The molecular formula is C16H15N4NaO7S2. The van der Waals surface area contributed by atoms with Crippen LogP contribution in [0.25, 0.3) is 10.8 Å². The number of azo groups is 1. The van der Waals surface area contributed by atoms with E-state index in [-0.39, 0.29) is 40.6 Å². The van der Waals surface area contributed by atoms with E-state index in [9.17, 15) is 31.0 Å². The third-order valence-electron chi connectivity index (χ3n) is 3.91. The van der Waals surface area contributed by atoms with Gasteiger partial charge in [0.25, 0.3) is 20.2 Å². The van der Waals surface area contributed by atoms with Crippen LogP contribution >= 0.6 is 0 Å². The van der Waals surface area contributed by atoms with E-state index >= 15 is 0 Å². The van der Waals surface area contributed by atoms with Gasteiger partial charge in [0.2, 0.25) is 0 Å². The molecule has 3 rings (SSSR count). The standard InChI is InChI=1S/C16H14N4O7S2.Na.H/c17-8-1-3-9(4-2-8)19-20-14-13(28(22,23)24)7-11-10(15(14)21)5-6-12(18)16(11)29(25,26)27;;/h1-7,21H,17-18H2,(H,22,23,24)(H,25,26,27);;. The fourth-order valence-electron chi connectivity index (χ4n) is 2.64. The van der Waals surface area contributed by atoms with Gasteiger partial charge in [0.05, 0.1) is 11.4 Å². The maximum absolute atomic E-state index is 11.8. The SMILES string of the molecule is Nc1ccc(N=Nc2c(S(=O)(=O)O)cc3c(S(=O)(=O)O)c(N)ccc3c2O)cc1.[NaH]. The van der Waals surface area contributed by atoms with E-state index in [0.29, 0.717) is 5.69 Å². The normalized spacial score (nSPS) is 12.2. The van der Waals surface area contributed by atoms with Gasteiger partial charge in [-0.15, -0.1) is 5.11 Å². The Bertz CT molecular complexity index is 1370. The summed E-state index contributed by atoms with van der Waals surface area (Å²) < 4.78 is 66.0. The van der Waals surface area contributed by atoms with E-state index in [1.807, 2.05) is 0 Å². The molecule has 0 aliphatic heterocycles. The molecule has 0 radical (unpaired) electrons. The first-order valence-corrected chi connectivity index (χ1v) is 10.6. The second-order valence-corrected chi connectivity index (χ2v) is 8.64. The van der Waals surface area contributed by atoms with Crippen LogP contribution < -0.4 is 11.5 Å². The Morgan fingerprint density at radius 2 is 1.40 bits per heavy atom. The first-order chi connectivity index (χ1) is 13.4. The molecule has 154 valence electrons. The van der Waals surface area contributed by atoms with E-state index in [1.54, 1.807) is 0 Å². The maximum atomic E-state index is 11.8. The van der Waals surface area contributed by atoms with Gasteiger partial charge in [-0.3, -0.25) is 9.11 Å². The number of phenolic OH excluding ortho intramolecular Hbond substituents is 1. The zero-order valence-electron chi connectivity index (χ0n) is 14.4. The molecule has 3 aromatic rings. The molecule has 0 amide bonds. The number of fused-ring (bicyclic) bond motifs is 1. The van der Waals surface area contributed by atoms with Crippen molar-refractivity contribution < 1.29 is 31.0 Å². The Hall–Kier alpha value is -2.26. The van der Waals surface area contributed by atoms with Crippen LogP contribution in [0.2, 0.25) is 0 Å². The molecule has 30 heavy (non-hydrogen) atoms. The molecule has 0 saturated carbocycles. The van der Waals surface area contributed by atoms with Crippen LogP contribution in [0.5, 0.6) is 5.75 Å². The Morgan fingerprint density at radius 3 is 1.93 bits per heavy atom. The fourth-order valence-corrected chi connectivity index (χ4v) is 4.10.